The summed E-state index contributed by atoms with van der Waals surface area (Å²) in [4.78, 5) is 0.442. The van der Waals surface area contributed by atoms with Crippen LogP contribution in [0, 0.1) is 13.8 Å². The number of rotatable bonds is 11. The number of aromatic nitrogens is 2. The molecule has 0 unspecified atom stereocenters. The van der Waals surface area contributed by atoms with Crippen molar-refractivity contribution in [2.75, 3.05) is 0 Å². The van der Waals surface area contributed by atoms with E-state index in [4.69, 9.17) is 0 Å². The van der Waals surface area contributed by atoms with Gasteiger partial charge in [-0.3, -0.25) is 0 Å². The molecule has 0 N–H and O–H groups in total. The van der Waals surface area contributed by atoms with Gasteiger partial charge in [0.25, 0.3) is 20.0 Å². The average molecular weight is 653 g/mol. The fourth-order valence-electron chi connectivity index (χ4n) is 6.41. The molecule has 6 aromatic rings. The van der Waals surface area contributed by atoms with Crippen molar-refractivity contribution in [2.24, 2.45) is 0 Å². The van der Waals surface area contributed by atoms with Crippen LogP contribution < -0.4 is 0 Å². The summed E-state index contributed by atoms with van der Waals surface area (Å²) in [5.74, 6) is 0. The molecule has 0 aliphatic carbocycles. The fourth-order valence-corrected chi connectivity index (χ4v) is 9.57. The van der Waals surface area contributed by atoms with Gasteiger partial charge in [-0.1, -0.05) is 98.5 Å². The summed E-state index contributed by atoms with van der Waals surface area (Å²) in [7, 11) is -7.98. The SMILES string of the molecule is CCCCc1c(-c2c(CCCC)n(S(=O)(=O)c3ccc(C)cc3)c3ccccc23)c2ccccc2n1S(=O)(=O)c1ccc(C)cc1. The lowest BCUT2D eigenvalue weighted by Gasteiger charge is -2.16. The molecule has 238 valence electrons. The van der Waals surface area contributed by atoms with Crippen molar-refractivity contribution in [2.45, 2.75) is 76.0 Å². The average Bonchev–Trinajstić information content (AvgIpc) is 3.55. The minimum atomic E-state index is -3.99. The standard InChI is InChI=1S/C38H40N2O4S2/c1-5-7-15-35-37(31-13-9-11-17-33(31)39(35)45(41,42)29-23-19-27(3)20-24-29)38-32-14-10-12-18-34(32)40(36(38)16-8-6-2)46(43,44)30-25-21-28(4)22-26-30/h9-14,17-26H,5-8,15-16H2,1-4H3. The van der Waals surface area contributed by atoms with Crippen molar-refractivity contribution in [1.82, 2.24) is 7.94 Å². The van der Waals surface area contributed by atoms with Crippen LogP contribution in [0.15, 0.2) is 107 Å². The van der Waals surface area contributed by atoms with E-state index in [1.54, 1.807) is 24.3 Å². The third-order valence-corrected chi connectivity index (χ3v) is 12.3. The van der Waals surface area contributed by atoms with Crippen molar-refractivity contribution < 1.29 is 16.8 Å². The largest absolute Gasteiger partial charge is 0.268 e. The van der Waals surface area contributed by atoms with E-state index < -0.39 is 20.0 Å². The molecule has 2 aromatic heterocycles. The third kappa shape index (κ3) is 5.37. The van der Waals surface area contributed by atoms with Crippen LogP contribution in [0.25, 0.3) is 32.9 Å². The first-order valence-electron chi connectivity index (χ1n) is 16.0. The number of fused-ring (bicyclic) bond motifs is 2. The maximum atomic E-state index is 14.5. The van der Waals surface area contributed by atoms with Gasteiger partial charge in [0.05, 0.1) is 20.8 Å². The Labute approximate surface area is 272 Å². The molecule has 0 saturated heterocycles. The molecule has 0 bridgehead atoms. The van der Waals surface area contributed by atoms with Crippen LogP contribution in [0.2, 0.25) is 0 Å². The van der Waals surface area contributed by atoms with Crippen LogP contribution in [-0.4, -0.2) is 24.8 Å². The molecule has 0 fully saturated rings. The van der Waals surface area contributed by atoms with Gasteiger partial charge >= 0.3 is 0 Å². The second-order valence-corrected chi connectivity index (χ2v) is 15.6. The van der Waals surface area contributed by atoms with Gasteiger partial charge in [-0.2, -0.15) is 0 Å². The smallest absolute Gasteiger partial charge is 0.237 e. The van der Waals surface area contributed by atoms with Crippen LogP contribution >= 0.6 is 0 Å². The zero-order valence-corrected chi connectivity index (χ0v) is 28.5. The lowest BCUT2D eigenvalue weighted by molar-refractivity contribution is 0.584. The topological polar surface area (TPSA) is 78.1 Å². The predicted molar refractivity (Wildman–Crippen MR) is 188 cm³/mol. The van der Waals surface area contributed by atoms with Crippen LogP contribution in [-0.2, 0) is 32.9 Å². The second kappa shape index (κ2) is 12.6. The minimum absolute atomic E-state index is 0.221. The molecule has 6 nitrogen and oxygen atoms in total. The van der Waals surface area contributed by atoms with Gasteiger partial charge in [-0.15, -0.1) is 0 Å². The van der Waals surface area contributed by atoms with Gasteiger partial charge in [0.15, 0.2) is 0 Å². The monoisotopic (exact) mass is 652 g/mol. The van der Waals surface area contributed by atoms with Crippen LogP contribution in [0.1, 0.15) is 62.0 Å². The molecule has 0 atom stereocenters. The summed E-state index contributed by atoms with van der Waals surface area (Å²) in [6, 6.07) is 29.1. The zero-order chi connectivity index (χ0) is 32.6. The number of unbranched alkanes of at least 4 members (excludes halogenated alkanes) is 2. The molecule has 46 heavy (non-hydrogen) atoms. The van der Waals surface area contributed by atoms with Crippen molar-refractivity contribution >= 4 is 41.9 Å². The van der Waals surface area contributed by atoms with Crippen LogP contribution in [0.4, 0.5) is 0 Å². The summed E-state index contributed by atoms with van der Waals surface area (Å²) in [5.41, 5.74) is 6.07. The molecule has 6 rings (SSSR count). The highest BCUT2D eigenvalue weighted by Gasteiger charge is 2.33. The maximum absolute atomic E-state index is 14.5. The highest BCUT2D eigenvalue weighted by molar-refractivity contribution is 7.90. The lowest BCUT2D eigenvalue weighted by Crippen LogP contribution is -2.17. The quantitative estimate of drug-likeness (QED) is 0.140. The molecule has 4 aromatic carbocycles. The van der Waals surface area contributed by atoms with Crippen molar-refractivity contribution in [3.05, 3.63) is 120 Å². The second-order valence-electron chi connectivity index (χ2n) is 12.0. The van der Waals surface area contributed by atoms with Crippen molar-refractivity contribution in [3.8, 4) is 11.1 Å². The molecule has 0 aliphatic rings. The summed E-state index contributed by atoms with van der Waals surface area (Å²) in [6.45, 7) is 8.05. The Morgan fingerprint density at radius 3 is 1.20 bits per heavy atom. The van der Waals surface area contributed by atoms with Crippen molar-refractivity contribution in [3.63, 3.8) is 0 Å². The predicted octanol–water partition coefficient (Wildman–Crippen LogP) is 9.04. The van der Waals surface area contributed by atoms with Gasteiger partial charge in [0.1, 0.15) is 0 Å². The van der Waals surface area contributed by atoms with Crippen LogP contribution in [0.3, 0.4) is 0 Å². The first kappa shape index (κ1) is 31.8. The number of hydrogen-bond donors (Lipinski definition) is 0. The Kier molecular flexibility index (Phi) is 8.70. The first-order chi connectivity index (χ1) is 22.1. The van der Waals surface area contributed by atoms with Gasteiger partial charge in [-0.05, 0) is 75.9 Å². The Hall–Kier alpha value is -4.14. The van der Waals surface area contributed by atoms with E-state index >= 15 is 0 Å². The molecule has 2 heterocycles. The Morgan fingerprint density at radius 2 is 0.848 bits per heavy atom. The highest BCUT2D eigenvalue weighted by atomic mass is 32.2. The molecular weight excluding hydrogens is 613 g/mol. The van der Waals surface area contributed by atoms with Crippen molar-refractivity contribution in [1.29, 1.82) is 0 Å². The van der Waals surface area contributed by atoms with E-state index in [0.29, 0.717) is 35.3 Å². The van der Waals surface area contributed by atoms with Crippen LogP contribution in [0.5, 0.6) is 0 Å². The van der Waals surface area contributed by atoms with E-state index in [0.717, 1.165) is 58.7 Å². The van der Waals surface area contributed by atoms with E-state index in [9.17, 15) is 16.8 Å². The molecule has 8 heteroatoms. The molecular formula is C38H40N2O4S2. The molecule has 0 radical (unpaired) electrons. The molecule has 0 spiro atoms. The Bertz CT molecular complexity index is 2100. The Morgan fingerprint density at radius 1 is 0.500 bits per heavy atom. The number of para-hydroxylation sites is 2. The number of benzene rings is 4. The van der Waals surface area contributed by atoms with Gasteiger partial charge in [0, 0.05) is 33.3 Å². The number of nitrogens with zero attached hydrogens (tertiary/aromatic N) is 2. The summed E-state index contributed by atoms with van der Waals surface area (Å²) >= 11 is 0. The summed E-state index contributed by atoms with van der Waals surface area (Å²) in [6.07, 6.45) is 4.33. The minimum Gasteiger partial charge on any atom is -0.237 e. The number of aryl methyl sites for hydroxylation is 2. The summed E-state index contributed by atoms with van der Waals surface area (Å²) in [5, 5.41) is 1.58. The highest BCUT2D eigenvalue weighted by Crippen LogP contribution is 2.45. The van der Waals surface area contributed by atoms with E-state index in [1.165, 1.54) is 7.94 Å². The number of hydrogen-bond acceptors (Lipinski definition) is 4. The zero-order valence-electron chi connectivity index (χ0n) is 26.8. The summed E-state index contributed by atoms with van der Waals surface area (Å²) < 4.78 is 61.2. The molecule has 0 aliphatic heterocycles. The van der Waals surface area contributed by atoms with E-state index in [-0.39, 0.29) is 9.79 Å². The maximum Gasteiger partial charge on any atom is 0.268 e. The molecule has 0 saturated carbocycles. The normalized spacial score (nSPS) is 12.3. The Balaban J connectivity index is 1.77. The van der Waals surface area contributed by atoms with Gasteiger partial charge in [-0.25, -0.2) is 24.8 Å². The van der Waals surface area contributed by atoms with E-state index in [2.05, 4.69) is 13.8 Å². The first-order valence-corrected chi connectivity index (χ1v) is 18.9. The lowest BCUT2D eigenvalue weighted by atomic mass is 9.95. The van der Waals surface area contributed by atoms with E-state index in [1.807, 2.05) is 86.6 Å². The third-order valence-electron chi connectivity index (χ3n) is 8.75. The fraction of sp³-hybridized carbons (Fsp3) is 0.263. The molecule has 0 amide bonds. The van der Waals surface area contributed by atoms with Gasteiger partial charge in [0.2, 0.25) is 0 Å². The van der Waals surface area contributed by atoms with Gasteiger partial charge < -0.3 is 0 Å².